The number of carboxylic acid groups (broad SMARTS) is 1. The lowest BCUT2D eigenvalue weighted by Gasteiger charge is -2.24. The van der Waals surface area contributed by atoms with Crippen molar-refractivity contribution in [3.05, 3.63) is 11.7 Å². The molecule has 1 fully saturated rings. The third kappa shape index (κ3) is 4.29. The topological polar surface area (TPSA) is 96.5 Å². The molecule has 0 spiro atoms. The largest absolute Gasteiger partial charge is 0.481 e. The third-order valence-electron chi connectivity index (χ3n) is 3.75. The molecule has 1 aliphatic carbocycles. The van der Waals surface area contributed by atoms with E-state index in [0.29, 0.717) is 18.1 Å². The van der Waals surface area contributed by atoms with Crippen molar-refractivity contribution in [2.24, 2.45) is 5.92 Å². The minimum atomic E-state index is -0.878. The Kier molecular flexibility index (Phi) is 5.15. The predicted molar refractivity (Wildman–Crippen MR) is 78.2 cm³/mol. The van der Waals surface area contributed by atoms with Gasteiger partial charge in [-0.05, 0) is 12.8 Å². The van der Waals surface area contributed by atoms with Crippen LogP contribution in [0.5, 0.6) is 0 Å². The van der Waals surface area contributed by atoms with Gasteiger partial charge in [0.1, 0.15) is 0 Å². The number of aryl methyl sites for hydroxylation is 1. The second-order valence-electron chi connectivity index (χ2n) is 6.22. The lowest BCUT2D eigenvalue weighted by atomic mass is 10.1. The Bertz CT molecular complexity index is 537. The van der Waals surface area contributed by atoms with E-state index in [4.69, 9.17) is 9.63 Å². The summed E-state index contributed by atoms with van der Waals surface area (Å²) in [5, 5.41) is 12.9. The van der Waals surface area contributed by atoms with Gasteiger partial charge in [0.2, 0.25) is 11.8 Å². The van der Waals surface area contributed by atoms with Gasteiger partial charge in [0.15, 0.2) is 5.82 Å². The number of aliphatic carboxylic acids is 1. The Labute approximate surface area is 129 Å². The van der Waals surface area contributed by atoms with E-state index in [1.807, 2.05) is 13.8 Å². The van der Waals surface area contributed by atoms with E-state index in [-0.39, 0.29) is 30.8 Å². The zero-order chi connectivity index (χ0) is 16.3. The van der Waals surface area contributed by atoms with E-state index < -0.39 is 11.9 Å². The van der Waals surface area contributed by atoms with E-state index in [1.54, 1.807) is 11.8 Å². The van der Waals surface area contributed by atoms with Crippen molar-refractivity contribution in [2.75, 3.05) is 6.54 Å². The molecule has 1 N–H and O–H groups in total. The van der Waals surface area contributed by atoms with E-state index in [9.17, 15) is 9.59 Å². The van der Waals surface area contributed by atoms with Crippen LogP contribution in [0.1, 0.15) is 57.7 Å². The van der Waals surface area contributed by atoms with Crippen LogP contribution in [0.4, 0.5) is 0 Å². The standard InChI is InChI=1S/C15H23N3O4/c1-9(2)14-16-12(22-17-14)6-7-13(19)18(11-4-5-11)8-10(3)15(20)21/h9-11H,4-8H2,1-3H3,(H,20,21). The van der Waals surface area contributed by atoms with Gasteiger partial charge in [0, 0.05) is 31.3 Å². The fraction of sp³-hybridized carbons (Fsp3) is 0.733. The SMILES string of the molecule is CC(CN(C(=O)CCc1nc(C(C)C)no1)C1CC1)C(=O)O. The summed E-state index contributed by atoms with van der Waals surface area (Å²) in [4.78, 5) is 29.3. The second kappa shape index (κ2) is 6.89. The average molecular weight is 309 g/mol. The Balaban J connectivity index is 1.89. The summed E-state index contributed by atoms with van der Waals surface area (Å²) in [7, 11) is 0. The van der Waals surface area contributed by atoms with Gasteiger partial charge in [0.05, 0.1) is 5.92 Å². The predicted octanol–water partition coefficient (Wildman–Crippen LogP) is 1.84. The molecular weight excluding hydrogens is 286 g/mol. The Hall–Kier alpha value is -1.92. The summed E-state index contributed by atoms with van der Waals surface area (Å²) in [6.07, 6.45) is 2.57. The first-order valence-corrected chi connectivity index (χ1v) is 7.73. The molecule has 1 amide bonds. The van der Waals surface area contributed by atoms with Crippen molar-refractivity contribution in [3.63, 3.8) is 0 Å². The van der Waals surface area contributed by atoms with Gasteiger partial charge in [-0.1, -0.05) is 25.9 Å². The molecule has 22 heavy (non-hydrogen) atoms. The molecule has 1 unspecified atom stereocenters. The lowest BCUT2D eigenvalue weighted by Crippen LogP contribution is -2.38. The smallest absolute Gasteiger partial charge is 0.308 e. The van der Waals surface area contributed by atoms with E-state index >= 15 is 0 Å². The average Bonchev–Trinajstić information content (AvgIpc) is 3.18. The maximum atomic E-state index is 12.3. The number of carbonyl (C=O) groups is 2. The van der Waals surface area contributed by atoms with E-state index in [0.717, 1.165) is 12.8 Å². The van der Waals surface area contributed by atoms with Crippen LogP contribution in [-0.2, 0) is 16.0 Å². The summed E-state index contributed by atoms with van der Waals surface area (Å²) in [5.41, 5.74) is 0. The van der Waals surface area contributed by atoms with Crippen molar-refractivity contribution in [1.29, 1.82) is 0 Å². The van der Waals surface area contributed by atoms with Crippen LogP contribution in [-0.4, -0.2) is 44.6 Å². The molecule has 1 aromatic rings. The number of carboxylic acids is 1. The summed E-state index contributed by atoms with van der Waals surface area (Å²) in [6, 6.07) is 0.197. The van der Waals surface area contributed by atoms with E-state index in [1.165, 1.54) is 0 Å². The first kappa shape index (κ1) is 16.5. The molecule has 1 aliphatic rings. The summed E-state index contributed by atoms with van der Waals surface area (Å²) >= 11 is 0. The molecule has 0 radical (unpaired) electrons. The van der Waals surface area contributed by atoms with Crippen LogP contribution in [0.15, 0.2) is 4.52 Å². The monoisotopic (exact) mass is 309 g/mol. The molecule has 1 heterocycles. The minimum absolute atomic E-state index is 0.0418. The van der Waals surface area contributed by atoms with Crippen molar-refractivity contribution in [3.8, 4) is 0 Å². The van der Waals surface area contributed by atoms with Gasteiger partial charge < -0.3 is 14.5 Å². The molecule has 2 rings (SSSR count). The summed E-state index contributed by atoms with van der Waals surface area (Å²) < 4.78 is 5.13. The van der Waals surface area contributed by atoms with E-state index in [2.05, 4.69) is 10.1 Å². The van der Waals surface area contributed by atoms with Crippen molar-refractivity contribution < 1.29 is 19.2 Å². The fourth-order valence-corrected chi connectivity index (χ4v) is 2.18. The molecule has 1 atom stereocenters. The molecule has 0 aromatic carbocycles. The highest BCUT2D eigenvalue weighted by atomic mass is 16.5. The van der Waals surface area contributed by atoms with Crippen LogP contribution in [0.2, 0.25) is 0 Å². The third-order valence-corrected chi connectivity index (χ3v) is 3.75. The zero-order valence-corrected chi connectivity index (χ0v) is 13.3. The molecule has 1 saturated carbocycles. The number of hydrogen-bond donors (Lipinski definition) is 1. The summed E-state index contributed by atoms with van der Waals surface area (Å²) in [5.74, 6) is -0.190. The van der Waals surface area contributed by atoms with Crippen LogP contribution in [0.25, 0.3) is 0 Å². The lowest BCUT2D eigenvalue weighted by molar-refractivity contribution is -0.143. The number of rotatable bonds is 8. The molecule has 7 heteroatoms. The number of nitrogens with zero attached hydrogens (tertiary/aromatic N) is 3. The maximum Gasteiger partial charge on any atom is 0.308 e. The van der Waals surface area contributed by atoms with Crippen LogP contribution in [0.3, 0.4) is 0 Å². The minimum Gasteiger partial charge on any atom is -0.481 e. The summed E-state index contributed by atoms with van der Waals surface area (Å²) in [6.45, 7) is 5.83. The molecule has 1 aromatic heterocycles. The number of hydrogen-bond acceptors (Lipinski definition) is 5. The van der Waals surface area contributed by atoms with Gasteiger partial charge in [-0.25, -0.2) is 0 Å². The van der Waals surface area contributed by atoms with Crippen molar-refractivity contribution in [2.45, 2.75) is 58.4 Å². The normalized spacial score (nSPS) is 15.8. The second-order valence-corrected chi connectivity index (χ2v) is 6.22. The van der Waals surface area contributed by atoms with Crippen LogP contribution in [0, 0.1) is 5.92 Å². The van der Waals surface area contributed by atoms with Gasteiger partial charge in [-0.3, -0.25) is 9.59 Å². The number of carbonyl (C=O) groups excluding carboxylic acids is 1. The van der Waals surface area contributed by atoms with Crippen molar-refractivity contribution in [1.82, 2.24) is 15.0 Å². The number of amides is 1. The highest BCUT2D eigenvalue weighted by Gasteiger charge is 2.34. The van der Waals surface area contributed by atoms with Gasteiger partial charge in [-0.15, -0.1) is 0 Å². The molecular formula is C15H23N3O4. The van der Waals surface area contributed by atoms with Crippen LogP contribution < -0.4 is 0 Å². The molecule has 0 bridgehead atoms. The maximum absolute atomic E-state index is 12.3. The Morgan fingerprint density at radius 1 is 1.36 bits per heavy atom. The fourth-order valence-electron chi connectivity index (χ4n) is 2.18. The first-order valence-electron chi connectivity index (χ1n) is 7.73. The quantitative estimate of drug-likeness (QED) is 0.787. The molecule has 0 saturated heterocycles. The Morgan fingerprint density at radius 3 is 2.55 bits per heavy atom. The molecule has 7 nitrogen and oxygen atoms in total. The Morgan fingerprint density at radius 2 is 2.05 bits per heavy atom. The number of aromatic nitrogens is 2. The highest BCUT2D eigenvalue weighted by Crippen LogP contribution is 2.28. The van der Waals surface area contributed by atoms with Crippen LogP contribution >= 0.6 is 0 Å². The molecule has 122 valence electrons. The molecule has 0 aliphatic heterocycles. The van der Waals surface area contributed by atoms with Gasteiger partial charge >= 0.3 is 5.97 Å². The van der Waals surface area contributed by atoms with Gasteiger partial charge in [-0.2, -0.15) is 4.98 Å². The first-order chi connectivity index (χ1) is 10.4. The van der Waals surface area contributed by atoms with Gasteiger partial charge in [0.25, 0.3) is 0 Å². The highest BCUT2D eigenvalue weighted by molar-refractivity contribution is 5.78. The zero-order valence-electron chi connectivity index (χ0n) is 13.3. The van der Waals surface area contributed by atoms with Crippen molar-refractivity contribution >= 4 is 11.9 Å².